The molecular weight excluding hydrogens is 385 g/mol. The molecule has 4 nitrogen and oxygen atoms in total. The predicted octanol–water partition coefficient (Wildman–Crippen LogP) is 3.76. The fraction of sp³-hybridized carbons (Fsp3) is 0.150. The molecule has 0 saturated heterocycles. The molecule has 0 radical (unpaired) electrons. The minimum Gasteiger partial charge on any atom is -0.354 e. The average Bonchev–Trinajstić information content (AvgIpc) is 3.20. The van der Waals surface area contributed by atoms with E-state index < -0.39 is 20.9 Å². The van der Waals surface area contributed by atoms with Crippen molar-refractivity contribution in [2.45, 2.75) is 15.9 Å². The van der Waals surface area contributed by atoms with Gasteiger partial charge in [0.1, 0.15) is 15.3 Å². The zero-order chi connectivity index (χ0) is 19.3. The third-order valence-electron chi connectivity index (χ3n) is 4.08. The standard InChI is InChI=1S/C20H18FNO3S2/c21-17-10-8-16(9-11-17)18(27(24,25)20-7-4-12-26-20)14-22-19(23)13-15-5-2-1-3-6-15/h1-12,18H,13-14H2,(H,22,23)/t18-/m1/s1. The summed E-state index contributed by atoms with van der Waals surface area (Å²) in [5.41, 5.74) is 1.28. The number of rotatable bonds is 7. The van der Waals surface area contributed by atoms with Crippen LogP contribution in [0.3, 0.4) is 0 Å². The molecule has 140 valence electrons. The van der Waals surface area contributed by atoms with Crippen molar-refractivity contribution < 1.29 is 17.6 Å². The predicted molar refractivity (Wildman–Crippen MR) is 104 cm³/mol. The van der Waals surface area contributed by atoms with Gasteiger partial charge in [0.2, 0.25) is 5.91 Å². The summed E-state index contributed by atoms with van der Waals surface area (Å²) in [6.07, 6.45) is 0.163. The van der Waals surface area contributed by atoms with E-state index in [1.54, 1.807) is 11.4 Å². The van der Waals surface area contributed by atoms with Crippen molar-refractivity contribution in [2.24, 2.45) is 0 Å². The molecule has 7 heteroatoms. The van der Waals surface area contributed by atoms with Crippen LogP contribution in [0.1, 0.15) is 16.4 Å². The molecule has 1 amide bonds. The van der Waals surface area contributed by atoms with E-state index in [9.17, 15) is 17.6 Å². The Labute approximate surface area is 161 Å². The molecule has 3 aromatic rings. The molecule has 1 N–H and O–H groups in total. The largest absolute Gasteiger partial charge is 0.354 e. The second-order valence-electron chi connectivity index (χ2n) is 5.98. The molecule has 0 spiro atoms. The average molecular weight is 404 g/mol. The zero-order valence-corrected chi connectivity index (χ0v) is 16.0. The third-order valence-corrected chi connectivity index (χ3v) is 7.62. The fourth-order valence-electron chi connectivity index (χ4n) is 2.70. The fourth-order valence-corrected chi connectivity index (χ4v) is 5.57. The van der Waals surface area contributed by atoms with Gasteiger partial charge in [0.15, 0.2) is 9.84 Å². The van der Waals surface area contributed by atoms with E-state index in [1.807, 2.05) is 30.3 Å². The van der Waals surface area contributed by atoms with Crippen LogP contribution in [0.4, 0.5) is 4.39 Å². The quantitative estimate of drug-likeness (QED) is 0.653. The summed E-state index contributed by atoms with van der Waals surface area (Å²) in [5.74, 6) is -0.714. The van der Waals surface area contributed by atoms with Crippen LogP contribution < -0.4 is 5.32 Å². The lowest BCUT2D eigenvalue weighted by Crippen LogP contribution is -2.32. The molecule has 0 aliphatic rings. The number of thiophene rings is 1. The Morgan fingerprint density at radius 3 is 2.33 bits per heavy atom. The van der Waals surface area contributed by atoms with E-state index in [4.69, 9.17) is 0 Å². The van der Waals surface area contributed by atoms with Gasteiger partial charge in [0.05, 0.1) is 6.42 Å². The maximum Gasteiger partial charge on any atom is 0.224 e. The lowest BCUT2D eigenvalue weighted by Gasteiger charge is -2.18. The molecule has 0 aliphatic carbocycles. The Hall–Kier alpha value is -2.51. The smallest absolute Gasteiger partial charge is 0.224 e. The highest BCUT2D eigenvalue weighted by Gasteiger charge is 2.30. The van der Waals surface area contributed by atoms with Gasteiger partial charge < -0.3 is 5.32 Å². The van der Waals surface area contributed by atoms with E-state index in [2.05, 4.69) is 5.32 Å². The molecule has 1 atom stereocenters. The SMILES string of the molecule is O=C(Cc1ccccc1)NC[C@H](c1ccc(F)cc1)S(=O)(=O)c1cccs1. The monoisotopic (exact) mass is 403 g/mol. The second-order valence-corrected chi connectivity index (χ2v) is 9.29. The van der Waals surface area contributed by atoms with Crippen LogP contribution in [0.2, 0.25) is 0 Å². The second kappa shape index (κ2) is 8.45. The molecule has 3 rings (SSSR count). The van der Waals surface area contributed by atoms with Crippen molar-refractivity contribution in [3.05, 3.63) is 89.1 Å². The highest BCUT2D eigenvalue weighted by Crippen LogP contribution is 2.31. The van der Waals surface area contributed by atoms with Gasteiger partial charge in [-0.25, -0.2) is 12.8 Å². The van der Waals surface area contributed by atoms with Crippen molar-refractivity contribution in [3.63, 3.8) is 0 Å². The summed E-state index contributed by atoms with van der Waals surface area (Å²) in [7, 11) is -3.71. The van der Waals surface area contributed by atoms with E-state index in [1.165, 1.54) is 30.3 Å². The first-order valence-corrected chi connectivity index (χ1v) is 10.7. The van der Waals surface area contributed by atoms with Crippen LogP contribution in [-0.2, 0) is 21.1 Å². The number of halogens is 1. The Balaban J connectivity index is 1.80. The third kappa shape index (κ3) is 4.81. The number of carbonyl (C=O) groups excluding carboxylic acids is 1. The Morgan fingerprint density at radius 1 is 1.00 bits per heavy atom. The summed E-state index contributed by atoms with van der Waals surface area (Å²) < 4.78 is 39.5. The highest BCUT2D eigenvalue weighted by molar-refractivity contribution is 7.93. The van der Waals surface area contributed by atoms with Crippen LogP contribution >= 0.6 is 11.3 Å². The molecular formula is C20H18FNO3S2. The molecule has 0 saturated carbocycles. The summed E-state index contributed by atoms with van der Waals surface area (Å²) in [6.45, 7) is -0.0858. The molecule has 0 bridgehead atoms. The van der Waals surface area contributed by atoms with Crippen molar-refractivity contribution in [1.29, 1.82) is 0 Å². The Morgan fingerprint density at radius 2 is 1.70 bits per heavy atom. The Kier molecular flexibility index (Phi) is 6.03. The maximum absolute atomic E-state index is 13.3. The van der Waals surface area contributed by atoms with Crippen LogP contribution in [-0.4, -0.2) is 20.9 Å². The molecule has 0 aliphatic heterocycles. The first-order chi connectivity index (χ1) is 13.0. The number of nitrogens with one attached hydrogen (secondary N) is 1. The van der Waals surface area contributed by atoms with Crippen molar-refractivity contribution in [3.8, 4) is 0 Å². The van der Waals surface area contributed by atoms with Gasteiger partial charge in [0.25, 0.3) is 0 Å². The summed E-state index contributed by atoms with van der Waals surface area (Å²) in [6, 6.07) is 17.7. The normalized spacial score (nSPS) is 12.5. The van der Waals surface area contributed by atoms with Crippen LogP contribution in [0, 0.1) is 5.82 Å². The first-order valence-electron chi connectivity index (χ1n) is 8.30. The Bertz CT molecular complexity index is 985. The maximum atomic E-state index is 13.3. The summed E-state index contributed by atoms with van der Waals surface area (Å²) in [5, 5.41) is 3.40. The number of hydrogen-bond acceptors (Lipinski definition) is 4. The lowest BCUT2D eigenvalue weighted by molar-refractivity contribution is -0.120. The molecule has 0 fully saturated rings. The molecule has 1 aromatic heterocycles. The van der Waals surface area contributed by atoms with Crippen molar-refractivity contribution in [2.75, 3.05) is 6.54 Å². The number of sulfone groups is 1. The topological polar surface area (TPSA) is 63.2 Å². The van der Waals surface area contributed by atoms with Gasteiger partial charge in [-0.1, -0.05) is 48.5 Å². The van der Waals surface area contributed by atoms with E-state index in [-0.39, 0.29) is 23.1 Å². The number of benzene rings is 2. The van der Waals surface area contributed by atoms with Gasteiger partial charge in [-0.2, -0.15) is 0 Å². The van der Waals surface area contributed by atoms with Gasteiger partial charge in [0, 0.05) is 6.54 Å². The minimum atomic E-state index is -3.71. The van der Waals surface area contributed by atoms with Gasteiger partial charge in [-0.3, -0.25) is 4.79 Å². The van der Waals surface area contributed by atoms with Crippen LogP contribution in [0.25, 0.3) is 0 Å². The van der Waals surface area contributed by atoms with Crippen molar-refractivity contribution in [1.82, 2.24) is 5.32 Å². The molecule has 0 unspecified atom stereocenters. The van der Waals surface area contributed by atoms with E-state index in [0.29, 0.717) is 5.56 Å². The van der Waals surface area contributed by atoms with Crippen LogP contribution in [0.5, 0.6) is 0 Å². The van der Waals surface area contributed by atoms with Crippen LogP contribution in [0.15, 0.2) is 76.3 Å². The minimum absolute atomic E-state index is 0.0858. The van der Waals surface area contributed by atoms with Gasteiger partial charge in [-0.05, 0) is 34.7 Å². The van der Waals surface area contributed by atoms with Gasteiger partial charge in [-0.15, -0.1) is 11.3 Å². The number of amides is 1. The number of carbonyl (C=O) groups is 1. The molecule has 27 heavy (non-hydrogen) atoms. The highest BCUT2D eigenvalue weighted by atomic mass is 32.2. The van der Waals surface area contributed by atoms with E-state index in [0.717, 1.165) is 16.9 Å². The van der Waals surface area contributed by atoms with Gasteiger partial charge >= 0.3 is 0 Å². The first kappa shape index (κ1) is 19.3. The summed E-state index contributed by atoms with van der Waals surface area (Å²) >= 11 is 1.12. The molecule has 2 aromatic carbocycles. The zero-order valence-electron chi connectivity index (χ0n) is 14.3. The van der Waals surface area contributed by atoms with Crippen molar-refractivity contribution >= 4 is 27.1 Å². The number of hydrogen-bond donors (Lipinski definition) is 1. The van der Waals surface area contributed by atoms with E-state index >= 15 is 0 Å². The lowest BCUT2D eigenvalue weighted by atomic mass is 10.1. The summed E-state index contributed by atoms with van der Waals surface area (Å²) in [4.78, 5) is 12.3. The molecule has 1 heterocycles.